The molecule has 1 aromatic rings. The maximum atomic E-state index is 14.4. The van der Waals surface area contributed by atoms with Crippen molar-refractivity contribution in [1.29, 1.82) is 0 Å². The van der Waals surface area contributed by atoms with E-state index in [0.717, 1.165) is 24.2 Å². The fraction of sp³-hybridized carbons (Fsp3) is 0.571. The number of halogens is 2. The van der Waals surface area contributed by atoms with Gasteiger partial charge in [-0.3, -0.25) is 0 Å². The molecule has 98 valence electrons. The SMILES string of the molecule is FC(F)(c1ccc2c(c1)CCCS2)C1CCNC1. The summed E-state index contributed by atoms with van der Waals surface area (Å²) in [6.45, 7) is 1.14. The van der Waals surface area contributed by atoms with Gasteiger partial charge in [0.25, 0.3) is 5.92 Å². The average molecular weight is 269 g/mol. The van der Waals surface area contributed by atoms with Crippen LogP contribution in [0.3, 0.4) is 0 Å². The van der Waals surface area contributed by atoms with E-state index >= 15 is 0 Å². The van der Waals surface area contributed by atoms with Crippen LogP contribution in [-0.2, 0) is 12.3 Å². The molecular formula is C14H17F2NS. The van der Waals surface area contributed by atoms with Gasteiger partial charge in [-0.2, -0.15) is 0 Å². The van der Waals surface area contributed by atoms with Crippen LogP contribution in [0.15, 0.2) is 23.1 Å². The summed E-state index contributed by atoms with van der Waals surface area (Å²) >= 11 is 1.78. The van der Waals surface area contributed by atoms with E-state index in [9.17, 15) is 8.78 Å². The molecule has 3 rings (SSSR count). The summed E-state index contributed by atoms with van der Waals surface area (Å²) in [5.74, 6) is -2.14. The molecule has 1 atom stereocenters. The molecule has 0 amide bonds. The van der Waals surface area contributed by atoms with Gasteiger partial charge in [0.1, 0.15) is 0 Å². The van der Waals surface area contributed by atoms with Crippen molar-refractivity contribution in [2.24, 2.45) is 5.92 Å². The second-order valence-electron chi connectivity index (χ2n) is 5.09. The molecule has 2 aliphatic heterocycles. The third-order valence-electron chi connectivity index (χ3n) is 3.87. The van der Waals surface area contributed by atoms with Crippen molar-refractivity contribution in [3.63, 3.8) is 0 Å². The monoisotopic (exact) mass is 269 g/mol. The van der Waals surface area contributed by atoms with Crippen LogP contribution in [0.2, 0.25) is 0 Å². The number of hydrogen-bond acceptors (Lipinski definition) is 2. The fourth-order valence-corrected chi connectivity index (χ4v) is 3.79. The van der Waals surface area contributed by atoms with Gasteiger partial charge in [0.2, 0.25) is 0 Å². The number of rotatable bonds is 2. The molecule has 1 aromatic carbocycles. The quantitative estimate of drug-likeness (QED) is 0.883. The highest BCUT2D eigenvalue weighted by atomic mass is 32.2. The summed E-state index contributed by atoms with van der Waals surface area (Å²) in [7, 11) is 0. The first kappa shape index (κ1) is 12.4. The van der Waals surface area contributed by atoms with Gasteiger partial charge in [-0.25, -0.2) is 8.78 Å². The maximum absolute atomic E-state index is 14.4. The molecule has 0 radical (unpaired) electrons. The molecule has 2 aliphatic rings. The predicted molar refractivity (Wildman–Crippen MR) is 70.4 cm³/mol. The molecule has 4 heteroatoms. The van der Waals surface area contributed by atoms with Crippen molar-refractivity contribution < 1.29 is 8.78 Å². The molecule has 1 N–H and O–H groups in total. The first-order valence-electron chi connectivity index (χ1n) is 6.52. The summed E-state index contributed by atoms with van der Waals surface area (Å²) in [6, 6.07) is 5.24. The standard InChI is InChI=1S/C14H17F2NS/c15-14(16,12-5-6-17-9-12)11-3-4-13-10(8-11)2-1-7-18-13/h3-4,8,12,17H,1-2,5-7,9H2. The Bertz CT molecular complexity index is 441. The number of aryl methyl sites for hydroxylation is 1. The number of hydrogen-bond donors (Lipinski definition) is 1. The van der Waals surface area contributed by atoms with E-state index in [1.807, 2.05) is 6.07 Å². The Balaban J connectivity index is 1.91. The van der Waals surface area contributed by atoms with Crippen molar-refractivity contribution in [2.75, 3.05) is 18.8 Å². The number of thioether (sulfide) groups is 1. The molecular weight excluding hydrogens is 252 g/mol. The van der Waals surface area contributed by atoms with Gasteiger partial charge in [0, 0.05) is 22.9 Å². The topological polar surface area (TPSA) is 12.0 Å². The van der Waals surface area contributed by atoms with Crippen molar-refractivity contribution in [2.45, 2.75) is 30.1 Å². The lowest BCUT2D eigenvalue weighted by Gasteiger charge is -2.25. The lowest BCUT2D eigenvalue weighted by atomic mass is 9.92. The molecule has 0 aromatic heterocycles. The van der Waals surface area contributed by atoms with Gasteiger partial charge in [-0.1, -0.05) is 6.07 Å². The lowest BCUT2D eigenvalue weighted by Crippen LogP contribution is -2.28. The first-order chi connectivity index (χ1) is 8.68. The zero-order valence-corrected chi connectivity index (χ0v) is 11.0. The summed E-state index contributed by atoms with van der Waals surface area (Å²) in [5.41, 5.74) is 1.31. The molecule has 0 saturated carbocycles. The van der Waals surface area contributed by atoms with Gasteiger partial charge in [0.05, 0.1) is 0 Å². The number of nitrogens with one attached hydrogen (secondary N) is 1. The van der Waals surface area contributed by atoms with Crippen LogP contribution in [0.25, 0.3) is 0 Å². The summed E-state index contributed by atoms with van der Waals surface area (Å²) in [5, 5.41) is 3.03. The number of fused-ring (bicyclic) bond motifs is 1. The Labute approximate surface area is 110 Å². The third kappa shape index (κ3) is 2.16. The zero-order valence-electron chi connectivity index (χ0n) is 10.2. The maximum Gasteiger partial charge on any atom is 0.277 e. The van der Waals surface area contributed by atoms with Gasteiger partial charge in [-0.15, -0.1) is 11.8 Å². The number of benzene rings is 1. The highest BCUT2D eigenvalue weighted by molar-refractivity contribution is 7.99. The van der Waals surface area contributed by atoms with Crippen LogP contribution < -0.4 is 5.32 Å². The van der Waals surface area contributed by atoms with E-state index in [1.165, 1.54) is 4.90 Å². The highest BCUT2D eigenvalue weighted by Gasteiger charge is 2.42. The van der Waals surface area contributed by atoms with Crippen LogP contribution in [0, 0.1) is 5.92 Å². The fourth-order valence-electron chi connectivity index (χ4n) is 2.77. The summed E-state index contributed by atoms with van der Waals surface area (Å²) in [4.78, 5) is 1.19. The van der Waals surface area contributed by atoms with E-state index in [4.69, 9.17) is 0 Å². The van der Waals surface area contributed by atoms with Crippen LogP contribution in [0.4, 0.5) is 8.78 Å². The Hall–Kier alpha value is -0.610. The second kappa shape index (κ2) is 4.82. The van der Waals surface area contributed by atoms with Crippen LogP contribution in [0.1, 0.15) is 24.0 Å². The van der Waals surface area contributed by atoms with Crippen molar-refractivity contribution in [1.82, 2.24) is 5.32 Å². The molecule has 0 aliphatic carbocycles. The van der Waals surface area contributed by atoms with Crippen LogP contribution in [-0.4, -0.2) is 18.8 Å². The minimum atomic E-state index is -2.69. The minimum Gasteiger partial charge on any atom is -0.316 e. The van der Waals surface area contributed by atoms with E-state index in [-0.39, 0.29) is 5.56 Å². The molecule has 18 heavy (non-hydrogen) atoms. The lowest BCUT2D eigenvalue weighted by molar-refractivity contribution is -0.0576. The predicted octanol–water partition coefficient (Wildman–Crippen LogP) is 3.43. The normalized spacial score (nSPS) is 24.0. The molecule has 2 heterocycles. The highest BCUT2D eigenvalue weighted by Crippen LogP contribution is 2.41. The average Bonchev–Trinajstić information content (AvgIpc) is 2.92. The smallest absolute Gasteiger partial charge is 0.277 e. The van der Waals surface area contributed by atoms with Crippen molar-refractivity contribution in [3.8, 4) is 0 Å². The number of alkyl halides is 2. The van der Waals surface area contributed by atoms with E-state index in [1.54, 1.807) is 23.9 Å². The van der Waals surface area contributed by atoms with Gasteiger partial charge in [0.15, 0.2) is 0 Å². The molecule has 1 saturated heterocycles. The van der Waals surface area contributed by atoms with Crippen molar-refractivity contribution >= 4 is 11.8 Å². The Morgan fingerprint density at radius 1 is 1.33 bits per heavy atom. The Kier molecular flexibility index (Phi) is 3.32. The zero-order chi connectivity index (χ0) is 12.6. The Morgan fingerprint density at radius 3 is 3.00 bits per heavy atom. The van der Waals surface area contributed by atoms with E-state index < -0.39 is 11.8 Å². The van der Waals surface area contributed by atoms with Gasteiger partial charge >= 0.3 is 0 Å². The van der Waals surface area contributed by atoms with Gasteiger partial charge < -0.3 is 5.32 Å². The largest absolute Gasteiger partial charge is 0.316 e. The first-order valence-corrected chi connectivity index (χ1v) is 7.51. The summed E-state index contributed by atoms with van der Waals surface area (Å²) < 4.78 is 28.8. The van der Waals surface area contributed by atoms with Gasteiger partial charge in [-0.05, 0) is 49.3 Å². The Morgan fingerprint density at radius 2 is 2.22 bits per heavy atom. The molecule has 0 bridgehead atoms. The molecule has 1 fully saturated rings. The molecule has 1 nitrogen and oxygen atoms in total. The second-order valence-corrected chi connectivity index (χ2v) is 6.22. The van der Waals surface area contributed by atoms with Crippen LogP contribution in [0.5, 0.6) is 0 Å². The molecule has 1 unspecified atom stereocenters. The minimum absolute atomic E-state index is 0.206. The summed E-state index contributed by atoms with van der Waals surface area (Å²) in [6.07, 6.45) is 2.60. The van der Waals surface area contributed by atoms with E-state index in [2.05, 4.69) is 5.32 Å². The van der Waals surface area contributed by atoms with Crippen LogP contribution >= 0.6 is 11.8 Å². The third-order valence-corrected chi connectivity index (χ3v) is 5.07. The molecule has 0 spiro atoms. The van der Waals surface area contributed by atoms with E-state index in [0.29, 0.717) is 19.5 Å². The van der Waals surface area contributed by atoms with Crippen molar-refractivity contribution in [3.05, 3.63) is 29.3 Å².